The Morgan fingerprint density at radius 2 is 1.96 bits per heavy atom. The van der Waals surface area contributed by atoms with E-state index in [4.69, 9.17) is 5.10 Å². The number of nitrogens with one attached hydrogen (secondary N) is 1. The van der Waals surface area contributed by atoms with Crippen LogP contribution in [-0.4, -0.2) is 46.8 Å². The molecule has 0 bridgehead atoms. The first-order valence-corrected chi connectivity index (χ1v) is 9.06. The maximum Gasteiger partial charge on any atom is 0.269 e. The average molecular weight is 318 g/mol. The molecule has 0 atom stereocenters. The van der Waals surface area contributed by atoms with Crippen molar-refractivity contribution in [2.45, 2.75) is 64.3 Å². The van der Waals surface area contributed by atoms with Crippen molar-refractivity contribution in [2.24, 2.45) is 0 Å². The van der Waals surface area contributed by atoms with Gasteiger partial charge in [-0.2, -0.15) is 5.10 Å². The number of hydrogen-bond acceptors (Lipinski definition) is 3. The summed E-state index contributed by atoms with van der Waals surface area (Å²) in [6.45, 7) is 10.3. The van der Waals surface area contributed by atoms with Crippen LogP contribution >= 0.6 is 0 Å². The van der Waals surface area contributed by atoms with Crippen molar-refractivity contribution in [3.05, 3.63) is 17.5 Å². The molecule has 0 radical (unpaired) electrons. The van der Waals surface area contributed by atoms with Gasteiger partial charge in [0.05, 0.1) is 11.2 Å². The topological polar surface area (TPSA) is 50.2 Å². The van der Waals surface area contributed by atoms with E-state index in [1.165, 1.54) is 45.2 Å². The Kier molecular flexibility index (Phi) is 4.76. The molecule has 1 aromatic rings. The van der Waals surface area contributed by atoms with Gasteiger partial charge in [0.2, 0.25) is 0 Å². The molecule has 128 valence electrons. The summed E-state index contributed by atoms with van der Waals surface area (Å²) in [7, 11) is 0. The largest absolute Gasteiger partial charge is 0.349 e. The van der Waals surface area contributed by atoms with Crippen LogP contribution in [0.2, 0.25) is 0 Å². The molecule has 5 nitrogen and oxygen atoms in total. The van der Waals surface area contributed by atoms with Gasteiger partial charge in [-0.1, -0.05) is 6.42 Å². The highest BCUT2D eigenvalue weighted by Crippen LogP contribution is 2.40. The van der Waals surface area contributed by atoms with Crippen molar-refractivity contribution in [1.29, 1.82) is 0 Å². The van der Waals surface area contributed by atoms with Crippen molar-refractivity contribution < 1.29 is 4.79 Å². The second-order valence-corrected chi connectivity index (χ2v) is 7.97. The lowest BCUT2D eigenvalue weighted by atomic mass is 10.1. The van der Waals surface area contributed by atoms with Crippen molar-refractivity contribution >= 4 is 5.91 Å². The van der Waals surface area contributed by atoms with E-state index in [2.05, 4.69) is 31.0 Å². The van der Waals surface area contributed by atoms with Gasteiger partial charge in [-0.3, -0.25) is 9.48 Å². The first-order valence-electron chi connectivity index (χ1n) is 9.06. The number of likely N-dealkylation sites (tertiary alicyclic amines) is 1. The van der Waals surface area contributed by atoms with Gasteiger partial charge >= 0.3 is 0 Å². The molecule has 5 heteroatoms. The second kappa shape index (κ2) is 6.63. The van der Waals surface area contributed by atoms with Crippen LogP contribution in [-0.2, 0) is 5.54 Å². The van der Waals surface area contributed by atoms with E-state index in [0.29, 0.717) is 18.2 Å². The fourth-order valence-electron chi connectivity index (χ4n) is 3.25. The first-order chi connectivity index (χ1) is 10.9. The number of amides is 1. The monoisotopic (exact) mass is 318 g/mol. The lowest BCUT2D eigenvalue weighted by Gasteiger charge is -2.26. The van der Waals surface area contributed by atoms with E-state index >= 15 is 0 Å². The van der Waals surface area contributed by atoms with Gasteiger partial charge in [-0.25, -0.2) is 0 Å². The molecule has 2 aliphatic rings. The maximum absolute atomic E-state index is 12.6. The average Bonchev–Trinajstić information content (AvgIpc) is 3.25. The Hall–Kier alpha value is -1.36. The van der Waals surface area contributed by atoms with Crippen LogP contribution in [0.3, 0.4) is 0 Å². The van der Waals surface area contributed by atoms with E-state index in [1.807, 2.05) is 10.7 Å². The van der Waals surface area contributed by atoms with Gasteiger partial charge in [0.15, 0.2) is 0 Å². The Labute approximate surface area is 139 Å². The zero-order valence-electron chi connectivity index (χ0n) is 14.8. The highest BCUT2D eigenvalue weighted by molar-refractivity contribution is 5.92. The lowest BCUT2D eigenvalue weighted by molar-refractivity contribution is 0.0928. The predicted octanol–water partition coefficient (Wildman–Crippen LogP) is 2.73. The quantitative estimate of drug-likeness (QED) is 0.908. The smallest absolute Gasteiger partial charge is 0.269 e. The van der Waals surface area contributed by atoms with Gasteiger partial charge in [0, 0.05) is 19.0 Å². The molecule has 1 saturated carbocycles. The molecule has 0 aromatic carbocycles. The molecule has 0 spiro atoms. The highest BCUT2D eigenvalue weighted by atomic mass is 16.2. The molecule has 1 aliphatic carbocycles. The fraction of sp³-hybridized carbons (Fsp3) is 0.778. The van der Waals surface area contributed by atoms with Crippen LogP contribution in [0.5, 0.6) is 0 Å². The van der Waals surface area contributed by atoms with E-state index < -0.39 is 0 Å². The fourth-order valence-corrected chi connectivity index (χ4v) is 3.25. The van der Waals surface area contributed by atoms with Gasteiger partial charge in [0.1, 0.15) is 5.69 Å². The number of nitrogens with zero attached hydrogens (tertiary/aromatic N) is 3. The van der Waals surface area contributed by atoms with Crippen LogP contribution < -0.4 is 5.32 Å². The number of hydrogen-bond donors (Lipinski definition) is 1. The minimum Gasteiger partial charge on any atom is -0.349 e. The van der Waals surface area contributed by atoms with Crippen LogP contribution in [0.4, 0.5) is 0 Å². The summed E-state index contributed by atoms with van der Waals surface area (Å²) < 4.78 is 1.90. The van der Waals surface area contributed by atoms with Crippen molar-refractivity contribution in [3.63, 3.8) is 0 Å². The van der Waals surface area contributed by atoms with E-state index in [9.17, 15) is 4.79 Å². The number of piperidine rings is 1. The van der Waals surface area contributed by atoms with Crippen LogP contribution in [0.1, 0.15) is 75.0 Å². The first kappa shape index (κ1) is 16.5. The molecule has 2 fully saturated rings. The zero-order chi connectivity index (χ0) is 16.4. The number of rotatable bonds is 5. The Morgan fingerprint density at radius 1 is 1.26 bits per heavy atom. The van der Waals surface area contributed by atoms with Gasteiger partial charge in [-0.05, 0) is 65.6 Å². The summed E-state index contributed by atoms with van der Waals surface area (Å²) in [4.78, 5) is 15.1. The standard InChI is InChI=1S/C18H30N4O/c1-18(2,3)22-16(13-15(20-22)14-7-8-14)17(23)19-9-12-21-10-5-4-6-11-21/h13-14H,4-12H2,1-3H3,(H,19,23). The van der Waals surface area contributed by atoms with Crippen LogP contribution in [0.25, 0.3) is 0 Å². The number of carbonyl (C=O) groups is 1. The van der Waals surface area contributed by atoms with E-state index in [1.54, 1.807) is 0 Å². The summed E-state index contributed by atoms with van der Waals surface area (Å²) >= 11 is 0. The summed E-state index contributed by atoms with van der Waals surface area (Å²) in [6.07, 6.45) is 6.33. The minimum absolute atomic E-state index is 0.0105. The van der Waals surface area contributed by atoms with Gasteiger partial charge < -0.3 is 10.2 Å². The van der Waals surface area contributed by atoms with Crippen LogP contribution in [0.15, 0.2) is 6.07 Å². The predicted molar refractivity (Wildman–Crippen MR) is 91.8 cm³/mol. The normalized spacial score (nSPS) is 19.8. The maximum atomic E-state index is 12.6. The number of aromatic nitrogens is 2. The molecule has 1 saturated heterocycles. The molecule has 2 heterocycles. The molecule has 0 unspecified atom stereocenters. The summed E-state index contributed by atoms with van der Waals surface area (Å²) in [6, 6.07) is 2.00. The van der Waals surface area contributed by atoms with Crippen molar-refractivity contribution in [2.75, 3.05) is 26.2 Å². The minimum atomic E-state index is -0.174. The van der Waals surface area contributed by atoms with E-state index in [0.717, 1.165) is 12.2 Å². The summed E-state index contributed by atoms with van der Waals surface area (Å²) in [5, 5.41) is 7.80. The summed E-state index contributed by atoms with van der Waals surface area (Å²) in [5.41, 5.74) is 1.62. The molecule has 1 aliphatic heterocycles. The molecular formula is C18H30N4O. The Balaban J connectivity index is 1.61. The molecular weight excluding hydrogens is 288 g/mol. The lowest BCUT2D eigenvalue weighted by Crippen LogP contribution is -2.39. The molecule has 1 amide bonds. The third kappa shape index (κ3) is 4.14. The Bertz CT molecular complexity index is 548. The Morgan fingerprint density at radius 3 is 2.57 bits per heavy atom. The SMILES string of the molecule is CC(C)(C)n1nc(C2CC2)cc1C(=O)NCCN1CCCCC1. The molecule has 23 heavy (non-hydrogen) atoms. The second-order valence-electron chi connectivity index (χ2n) is 7.97. The van der Waals surface area contributed by atoms with Crippen molar-refractivity contribution in [3.8, 4) is 0 Å². The van der Waals surface area contributed by atoms with E-state index in [-0.39, 0.29) is 11.4 Å². The zero-order valence-corrected chi connectivity index (χ0v) is 14.8. The van der Waals surface area contributed by atoms with Gasteiger partial charge in [-0.15, -0.1) is 0 Å². The third-order valence-electron chi connectivity index (χ3n) is 4.75. The van der Waals surface area contributed by atoms with Crippen molar-refractivity contribution in [1.82, 2.24) is 20.0 Å². The summed E-state index contributed by atoms with van der Waals surface area (Å²) in [5.74, 6) is 0.579. The van der Waals surface area contributed by atoms with Gasteiger partial charge in [0.25, 0.3) is 5.91 Å². The molecule has 1 aromatic heterocycles. The third-order valence-corrected chi connectivity index (χ3v) is 4.75. The number of carbonyl (C=O) groups excluding carboxylic acids is 1. The molecule has 1 N–H and O–H groups in total. The van der Waals surface area contributed by atoms with Crippen LogP contribution in [0, 0.1) is 0 Å². The highest BCUT2D eigenvalue weighted by Gasteiger charge is 2.31. The molecule has 3 rings (SSSR count).